The number of hydrazine groups is 1. The van der Waals surface area contributed by atoms with Gasteiger partial charge in [-0.15, -0.1) is 0 Å². The first kappa shape index (κ1) is 28.9. The Hall–Kier alpha value is -4.66. The number of methoxy groups -OCH3 is 1. The molecule has 4 aromatic rings. The number of carbonyl (C=O) groups excluding carboxylic acids is 1. The molecule has 0 unspecified atom stereocenters. The Morgan fingerprint density at radius 3 is 2.33 bits per heavy atom. The fourth-order valence-corrected chi connectivity index (χ4v) is 4.99. The number of hydrogen-bond donors (Lipinski definition) is 3. The van der Waals surface area contributed by atoms with E-state index in [1.807, 2.05) is 109 Å². The first-order valence-corrected chi connectivity index (χ1v) is 14.0. The van der Waals surface area contributed by atoms with Crippen LogP contribution in [0.4, 0.5) is 0 Å². The van der Waals surface area contributed by atoms with E-state index in [0.29, 0.717) is 37.6 Å². The third kappa shape index (κ3) is 6.62. The second kappa shape index (κ2) is 13.8. The van der Waals surface area contributed by atoms with Gasteiger partial charge in [0.2, 0.25) is 5.90 Å². The second-order valence-electron chi connectivity index (χ2n) is 9.98. The van der Waals surface area contributed by atoms with Gasteiger partial charge in [0, 0.05) is 37.1 Å². The minimum absolute atomic E-state index is 0.0723. The maximum absolute atomic E-state index is 14.2. The molecule has 5 rings (SSSR count). The minimum Gasteiger partial charge on any atom is -0.496 e. The van der Waals surface area contributed by atoms with Crippen LogP contribution in [0.1, 0.15) is 34.8 Å². The summed E-state index contributed by atoms with van der Waals surface area (Å²) >= 11 is 0. The lowest BCUT2D eigenvalue weighted by Crippen LogP contribution is -2.53. The number of nitrogens with one attached hydrogen (secondary N) is 2. The smallest absolute Gasteiger partial charge is 0.266 e. The van der Waals surface area contributed by atoms with E-state index in [1.165, 1.54) is 0 Å². The summed E-state index contributed by atoms with van der Waals surface area (Å²) in [5.41, 5.74) is 8.14. The lowest BCUT2D eigenvalue weighted by molar-refractivity contribution is -0.130. The van der Waals surface area contributed by atoms with Crippen LogP contribution in [-0.2, 0) is 22.5 Å². The number of amides is 1. The standard InChI is InChI=1S/C34H35N3O5/c1-40-30-16-9-8-15-28(30)24-35-37-33(39)34(23-25-11-4-2-5-12-25)31(26-13-6-3-7-14-26)42-32(36-34)27-17-19-29(20-18-27)41-22-10-21-38/h2-9,11-20,31,35,38H,10,21-24H2,1H3,(H,37,39)/t31-,34-/m0/s1. The van der Waals surface area contributed by atoms with E-state index in [4.69, 9.17) is 24.3 Å². The molecule has 0 fully saturated rings. The van der Waals surface area contributed by atoms with E-state index in [9.17, 15) is 4.79 Å². The number of nitrogens with zero attached hydrogens (tertiary/aromatic N) is 1. The SMILES string of the molecule is COc1ccccc1CNNC(=O)[C@@]1(Cc2ccccc2)N=C(c2ccc(OCCCO)cc2)O[C@H]1c1ccccc1. The highest BCUT2D eigenvalue weighted by atomic mass is 16.5. The van der Waals surface area contributed by atoms with Crippen molar-refractivity contribution in [2.24, 2.45) is 4.99 Å². The molecule has 2 atom stereocenters. The minimum atomic E-state index is -1.30. The van der Waals surface area contributed by atoms with Crippen LogP contribution in [-0.4, -0.2) is 42.8 Å². The van der Waals surface area contributed by atoms with E-state index < -0.39 is 11.6 Å². The molecule has 0 radical (unpaired) electrons. The van der Waals surface area contributed by atoms with Crippen molar-refractivity contribution < 1.29 is 24.1 Å². The Bertz CT molecular complexity index is 1480. The van der Waals surface area contributed by atoms with Gasteiger partial charge in [-0.2, -0.15) is 0 Å². The zero-order chi connectivity index (χ0) is 29.2. The number of aliphatic hydroxyl groups is 1. The summed E-state index contributed by atoms with van der Waals surface area (Å²) < 4.78 is 17.7. The second-order valence-corrected chi connectivity index (χ2v) is 9.98. The molecule has 216 valence electrons. The molecule has 4 aromatic carbocycles. The lowest BCUT2D eigenvalue weighted by Gasteiger charge is -2.31. The molecule has 1 aliphatic rings. The molecule has 0 spiro atoms. The first-order chi connectivity index (χ1) is 20.6. The number of aliphatic imine (C=N–C) groups is 1. The molecule has 0 saturated heterocycles. The highest BCUT2D eigenvalue weighted by molar-refractivity contribution is 6.01. The fourth-order valence-electron chi connectivity index (χ4n) is 4.99. The summed E-state index contributed by atoms with van der Waals surface area (Å²) in [6, 6.07) is 34.6. The van der Waals surface area contributed by atoms with Crippen molar-refractivity contribution in [2.75, 3.05) is 20.3 Å². The molecule has 1 aliphatic heterocycles. The summed E-state index contributed by atoms with van der Waals surface area (Å²) in [7, 11) is 1.62. The normalized spacial score (nSPS) is 17.7. The van der Waals surface area contributed by atoms with Gasteiger partial charge in [-0.05, 0) is 41.5 Å². The maximum Gasteiger partial charge on any atom is 0.266 e. The average Bonchev–Trinajstić information content (AvgIpc) is 3.43. The highest BCUT2D eigenvalue weighted by Gasteiger charge is 2.53. The Labute approximate surface area is 246 Å². The summed E-state index contributed by atoms with van der Waals surface area (Å²) in [4.78, 5) is 19.3. The van der Waals surface area contributed by atoms with Crippen LogP contribution in [0.5, 0.6) is 11.5 Å². The monoisotopic (exact) mass is 565 g/mol. The van der Waals surface area contributed by atoms with E-state index >= 15 is 0 Å². The Morgan fingerprint density at radius 2 is 1.62 bits per heavy atom. The number of benzene rings is 4. The number of aliphatic hydroxyl groups excluding tert-OH is 1. The quantitative estimate of drug-likeness (QED) is 0.159. The molecule has 1 amide bonds. The number of ether oxygens (including phenoxy) is 3. The predicted molar refractivity (Wildman–Crippen MR) is 161 cm³/mol. The third-order valence-corrected chi connectivity index (χ3v) is 7.12. The van der Waals surface area contributed by atoms with Gasteiger partial charge < -0.3 is 19.3 Å². The molecular weight excluding hydrogens is 530 g/mol. The van der Waals surface area contributed by atoms with Crippen molar-refractivity contribution in [2.45, 2.75) is 31.0 Å². The van der Waals surface area contributed by atoms with E-state index in [-0.39, 0.29) is 12.5 Å². The first-order valence-electron chi connectivity index (χ1n) is 14.0. The summed E-state index contributed by atoms with van der Waals surface area (Å²) in [6.45, 7) is 0.858. The van der Waals surface area contributed by atoms with E-state index in [0.717, 1.165) is 28.0 Å². The maximum atomic E-state index is 14.2. The number of para-hydroxylation sites is 1. The molecule has 3 N–H and O–H groups in total. The van der Waals surface area contributed by atoms with Crippen molar-refractivity contribution in [1.29, 1.82) is 0 Å². The lowest BCUT2D eigenvalue weighted by atomic mass is 9.82. The molecule has 1 heterocycles. The zero-order valence-corrected chi connectivity index (χ0v) is 23.5. The van der Waals surface area contributed by atoms with Crippen molar-refractivity contribution in [3.05, 3.63) is 131 Å². The van der Waals surface area contributed by atoms with Crippen molar-refractivity contribution in [3.8, 4) is 11.5 Å². The zero-order valence-electron chi connectivity index (χ0n) is 23.5. The molecule has 8 nitrogen and oxygen atoms in total. The topological polar surface area (TPSA) is 101 Å². The van der Waals surface area contributed by atoms with Gasteiger partial charge >= 0.3 is 0 Å². The van der Waals surface area contributed by atoms with Crippen LogP contribution in [0, 0.1) is 0 Å². The van der Waals surface area contributed by atoms with Crippen LogP contribution in [0.2, 0.25) is 0 Å². The van der Waals surface area contributed by atoms with Gasteiger partial charge in [0.1, 0.15) is 11.5 Å². The Kier molecular flexibility index (Phi) is 9.48. The average molecular weight is 566 g/mol. The molecule has 0 bridgehead atoms. The number of carbonyl (C=O) groups is 1. The number of hydrogen-bond acceptors (Lipinski definition) is 7. The van der Waals surface area contributed by atoms with Crippen LogP contribution in [0.15, 0.2) is 114 Å². The molecule has 42 heavy (non-hydrogen) atoms. The molecule has 0 aromatic heterocycles. The van der Waals surface area contributed by atoms with Gasteiger partial charge in [-0.1, -0.05) is 78.9 Å². The van der Waals surface area contributed by atoms with Gasteiger partial charge in [0.25, 0.3) is 5.91 Å². The van der Waals surface area contributed by atoms with Gasteiger partial charge in [0.15, 0.2) is 11.6 Å². The summed E-state index contributed by atoms with van der Waals surface area (Å²) in [6.07, 6.45) is 0.197. The highest BCUT2D eigenvalue weighted by Crippen LogP contribution is 2.42. The predicted octanol–water partition coefficient (Wildman–Crippen LogP) is 4.78. The third-order valence-electron chi connectivity index (χ3n) is 7.12. The van der Waals surface area contributed by atoms with Gasteiger partial charge in [-0.3, -0.25) is 10.2 Å². The van der Waals surface area contributed by atoms with Crippen molar-refractivity contribution in [1.82, 2.24) is 10.9 Å². The molecular formula is C34H35N3O5. The Balaban J connectivity index is 1.48. The van der Waals surface area contributed by atoms with Crippen molar-refractivity contribution >= 4 is 11.8 Å². The largest absolute Gasteiger partial charge is 0.496 e. The van der Waals surface area contributed by atoms with Crippen LogP contribution >= 0.6 is 0 Å². The molecule has 0 aliphatic carbocycles. The number of rotatable bonds is 13. The van der Waals surface area contributed by atoms with Crippen molar-refractivity contribution in [3.63, 3.8) is 0 Å². The van der Waals surface area contributed by atoms with Gasteiger partial charge in [0.05, 0.1) is 13.7 Å². The van der Waals surface area contributed by atoms with E-state index in [2.05, 4.69) is 10.9 Å². The summed E-state index contributed by atoms with van der Waals surface area (Å²) in [5, 5.41) is 9.03. The van der Waals surface area contributed by atoms with Crippen LogP contribution in [0.25, 0.3) is 0 Å². The fraction of sp³-hybridized carbons (Fsp3) is 0.235. The Morgan fingerprint density at radius 1 is 0.929 bits per heavy atom. The molecule has 8 heteroatoms. The van der Waals surface area contributed by atoms with Crippen LogP contribution < -0.4 is 20.3 Å². The van der Waals surface area contributed by atoms with Crippen LogP contribution in [0.3, 0.4) is 0 Å². The molecule has 0 saturated carbocycles. The van der Waals surface area contributed by atoms with Gasteiger partial charge in [-0.25, -0.2) is 10.4 Å². The van der Waals surface area contributed by atoms with E-state index in [1.54, 1.807) is 7.11 Å². The summed E-state index contributed by atoms with van der Waals surface area (Å²) in [5.74, 6) is 1.48.